The number of hydrogen-bond acceptors (Lipinski definition) is 5. The van der Waals surface area contributed by atoms with Crippen molar-refractivity contribution in [3.05, 3.63) is 29.4 Å². The summed E-state index contributed by atoms with van der Waals surface area (Å²) in [6.45, 7) is 0. The third kappa shape index (κ3) is 1.08. The molecule has 0 unspecified atom stereocenters. The molecular weight excluding hydrogens is 194 g/mol. The van der Waals surface area contributed by atoms with Gasteiger partial charge in [0.1, 0.15) is 11.0 Å². The highest BCUT2D eigenvalue weighted by Gasteiger charge is 2.07. The lowest BCUT2D eigenvalue weighted by Crippen LogP contribution is -1.82. The number of rotatable bonds is 1. The first-order chi connectivity index (χ1) is 7.38. The van der Waals surface area contributed by atoms with E-state index in [4.69, 9.17) is 0 Å². The smallest absolute Gasteiger partial charge is 0.270 e. The van der Waals surface area contributed by atoms with Gasteiger partial charge in [0.05, 0.1) is 11.0 Å². The van der Waals surface area contributed by atoms with Crippen LogP contribution in [0.15, 0.2) is 29.7 Å². The standard InChI is InChI=1S/C9H5N5O/c15-14-9-12-6-2-1-5-7(8(6)13-9)11-4-3-10-5/h1-4H,(H,12,13). The fourth-order valence-corrected chi connectivity index (χ4v) is 1.53. The van der Waals surface area contributed by atoms with E-state index in [2.05, 4.69) is 25.1 Å². The second kappa shape index (κ2) is 2.81. The number of nitroso groups, excluding NO2 is 1. The number of H-pyrrole nitrogens is 1. The molecule has 0 saturated carbocycles. The molecular formula is C9H5N5O. The molecule has 0 saturated heterocycles. The molecule has 0 aliphatic carbocycles. The van der Waals surface area contributed by atoms with Crippen LogP contribution in [0.5, 0.6) is 0 Å². The summed E-state index contributed by atoms with van der Waals surface area (Å²) in [5.41, 5.74) is 2.77. The molecule has 15 heavy (non-hydrogen) atoms. The Morgan fingerprint density at radius 3 is 2.87 bits per heavy atom. The molecule has 0 aliphatic rings. The highest BCUT2D eigenvalue weighted by atomic mass is 16.3. The Hall–Kier alpha value is -2.37. The lowest BCUT2D eigenvalue weighted by Gasteiger charge is -1.94. The highest BCUT2D eigenvalue weighted by molar-refractivity contribution is 6.00. The predicted molar refractivity (Wildman–Crippen MR) is 54.6 cm³/mol. The summed E-state index contributed by atoms with van der Waals surface area (Å²) < 4.78 is 0. The summed E-state index contributed by atoms with van der Waals surface area (Å²) in [6, 6.07) is 3.62. The van der Waals surface area contributed by atoms with Gasteiger partial charge < -0.3 is 4.98 Å². The van der Waals surface area contributed by atoms with Crippen LogP contribution in [0.1, 0.15) is 0 Å². The van der Waals surface area contributed by atoms with E-state index in [-0.39, 0.29) is 5.95 Å². The van der Waals surface area contributed by atoms with Crippen molar-refractivity contribution in [3.8, 4) is 0 Å². The maximum atomic E-state index is 10.3. The summed E-state index contributed by atoms with van der Waals surface area (Å²) in [5.74, 6) is 0.0585. The zero-order valence-corrected chi connectivity index (χ0v) is 7.51. The van der Waals surface area contributed by atoms with Gasteiger partial charge in [-0.3, -0.25) is 9.97 Å². The van der Waals surface area contributed by atoms with Crippen LogP contribution in [0.3, 0.4) is 0 Å². The summed E-state index contributed by atoms with van der Waals surface area (Å²) in [5, 5.41) is 2.75. The number of benzene rings is 1. The fourth-order valence-electron chi connectivity index (χ4n) is 1.53. The number of imidazole rings is 1. The van der Waals surface area contributed by atoms with Gasteiger partial charge in [0, 0.05) is 17.6 Å². The van der Waals surface area contributed by atoms with E-state index in [1.54, 1.807) is 18.5 Å². The SMILES string of the molecule is O=Nc1nc2c(ccc3nccnc32)[nH]1. The molecule has 2 heterocycles. The van der Waals surface area contributed by atoms with E-state index in [1.807, 2.05) is 6.07 Å². The molecule has 6 heteroatoms. The van der Waals surface area contributed by atoms with Crippen molar-refractivity contribution in [2.24, 2.45) is 5.18 Å². The summed E-state index contributed by atoms with van der Waals surface area (Å²) in [6.07, 6.45) is 3.20. The molecule has 2 aromatic heterocycles. The van der Waals surface area contributed by atoms with E-state index in [1.165, 1.54) is 0 Å². The quantitative estimate of drug-likeness (QED) is 0.606. The molecule has 3 aromatic rings. The number of hydrogen-bond donors (Lipinski definition) is 1. The van der Waals surface area contributed by atoms with E-state index < -0.39 is 0 Å². The monoisotopic (exact) mass is 199 g/mol. The number of fused-ring (bicyclic) bond motifs is 3. The first-order valence-electron chi connectivity index (χ1n) is 4.31. The molecule has 0 fully saturated rings. The molecule has 0 amide bonds. The predicted octanol–water partition coefficient (Wildman–Crippen LogP) is 1.90. The van der Waals surface area contributed by atoms with Gasteiger partial charge in [0.15, 0.2) is 0 Å². The van der Waals surface area contributed by atoms with Crippen molar-refractivity contribution >= 4 is 28.0 Å². The van der Waals surface area contributed by atoms with Gasteiger partial charge in [-0.2, -0.15) is 0 Å². The number of aromatic amines is 1. The minimum atomic E-state index is 0.0585. The Balaban J connectivity index is 2.52. The molecule has 0 bridgehead atoms. The van der Waals surface area contributed by atoms with Crippen molar-refractivity contribution in [3.63, 3.8) is 0 Å². The molecule has 0 atom stereocenters. The molecule has 0 aliphatic heterocycles. The zero-order chi connectivity index (χ0) is 10.3. The largest absolute Gasteiger partial charge is 0.319 e. The lowest BCUT2D eigenvalue weighted by molar-refractivity contribution is 1.25. The Morgan fingerprint density at radius 1 is 1.13 bits per heavy atom. The Bertz CT molecular complexity index is 660. The van der Waals surface area contributed by atoms with Crippen LogP contribution < -0.4 is 0 Å². The molecule has 1 aromatic carbocycles. The Morgan fingerprint density at radius 2 is 2.00 bits per heavy atom. The molecule has 0 radical (unpaired) electrons. The minimum Gasteiger partial charge on any atom is -0.319 e. The van der Waals surface area contributed by atoms with Crippen molar-refractivity contribution in [1.29, 1.82) is 0 Å². The van der Waals surface area contributed by atoms with E-state index in [0.29, 0.717) is 11.0 Å². The average molecular weight is 199 g/mol. The summed E-state index contributed by atoms with van der Waals surface area (Å²) in [7, 11) is 0. The maximum Gasteiger partial charge on any atom is 0.270 e. The van der Waals surface area contributed by atoms with E-state index >= 15 is 0 Å². The second-order valence-electron chi connectivity index (χ2n) is 3.04. The van der Waals surface area contributed by atoms with Gasteiger partial charge in [0.2, 0.25) is 0 Å². The van der Waals surface area contributed by atoms with Gasteiger partial charge in [-0.15, -0.1) is 4.91 Å². The van der Waals surface area contributed by atoms with E-state index in [9.17, 15) is 4.91 Å². The first-order valence-corrected chi connectivity index (χ1v) is 4.31. The molecule has 72 valence electrons. The fraction of sp³-hybridized carbons (Fsp3) is 0. The third-order valence-corrected chi connectivity index (χ3v) is 2.16. The van der Waals surface area contributed by atoms with Crippen molar-refractivity contribution in [1.82, 2.24) is 19.9 Å². The molecule has 6 nitrogen and oxygen atoms in total. The maximum absolute atomic E-state index is 10.3. The molecule has 0 spiro atoms. The van der Waals surface area contributed by atoms with Gasteiger partial charge >= 0.3 is 0 Å². The number of nitrogens with zero attached hydrogens (tertiary/aromatic N) is 4. The Labute approximate surface area is 83.4 Å². The van der Waals surface area contributed by atoms with Crippen LogP contribution in [0.2, 0.25) is 0 Å². The number of nitrogens with one attached hydrogen (secondary N) is 1. The van der Waals surface area contributed by atoms with Crippen molar-refractivity contribution in [2.75, 3.05) is 0 Å². The van der Waals surface area contributed by atoms with E-state index in [0.717, 1.165) is 11.0 Å². The van der Waals surface area contributed by atoms with Gasteiger partial charge in [-0.05, 0) is 12.1 Å². The van der Waals surface area contributed by atoms with Crippen LogP contribution in [-0.2, 0) is 0 Å². The third-order valence-electron chi connectivity index (χ3n) is 2.16. The molecule has 3 rings (SSSR count). The second-order valence-corrected chi connectivity index (χ2v) is 3.04. The van der Waals surface area contributed by atoms with Crippen LogP contribution in [0.25, 0.3) is 22.1 Å². The van der Waals surface area contributed by atoms with Gasteiger partial charge in [0.25, 0.3) is 5.95 Å². The lowest BCUT2D eigenvalue weighted by atomic mass is 10.2. The van der Waals surface area contributed by atoms with Crippen LogP contribution in [0, 0.1) is 4.91 Å². The van der Waals surface area contributed by atoms with Crippen LogP contribution in [-0.4, -0.2) is 19.9 Å². The Kier molecular flexibility index (Phi) is 1.49. The van der Waals surface area contributed by atoms with Crippen LogP contribution >= 0.6 is 0 Å². The number of aromatic nitrogens is 4. The topological polar surface area (TPSA) is 83.9 Å². The minimum absolute atomic E-state index is 0.0585. The van der Waals surface area contributed by atoms with Gasteiger partial charge in [-0.25, -0.2) is 4.98 Å². The summed E-state index contributed by atoms with van der Waals surface area (Å²) >= 11 is 0. The van der Waals surface area contributed by atoms with Gasteiger partial charge in [-0.1, -0.05) is 0 Å². The normalized spacial score (nSPS) is 10.9. The zero-order valence-electron chi connectivity index (χ0n) is 7.51. The first kappa shape index (κ1) is 7.98. The highest BCUT2D eigenvalue weighted by Crippen LogP contribution is 2.22. The molecule has 1 N–H and O–H groups in total. The van der Waals surface area contributed by atoms with Crippen LogP contribution in [0.4, 0.5) is 5.95 Å². The average Bonchev–Trinajstić information content (AvgIpc) is 2.72. The summed E-state index contributed by atoms with van der Waals surface area (Å²) in [4.78, 5) is 25.4. The van der Waals surface area contributed by atoms with Crippen molar-refractivity contribution in [2.45, 2.75) is 0 Å². The van der Waals surface area contributed by atoms with Crippen molar-refractivity contribution < 1.29 is 0 Å².